The molecule has 3 aromatic rings. The van der Waals surface area contributed by atoms with Gasteiger partial charge in [-0.25, -0.2) is 9.89 Å². The van der Waals surface area contributed by atoms with Crippen molar-refractivity contribution in [1.29, 1.82) is 5.26 Å². The third kappa shape index (κ3) is 4.27. The Labute approximate surface area is 178 Å². The number of ether oxygens (including phenoxy) is 1. The van der Waals surface area contributed by atoms with Gasteiger partial charge in [0.25, 0.3) is 11.1 Å². The molecule has 0 radical (unpaired) electrons. The van der Waals surface area contributed by atoms with Gasteiger partial charge in [0.05, 0.1) is 28.2 Å². The molecular formula is C18H14Cl2N6O4. The maximum atomic E-state index is 12.1. The molecule has 154 valence electrons. The van der Waals surface area contributed by atoms with Gasteiger partial charge in [-0.2, -0.15) is 15.0 Å². The molecule has 0 fully saturated rings. The van der Waals surface area contributed by atoms with Crippen molar-refractivity contribution in [2.45, 2.75) is 26.2 Å². The fraction of sp³-hybridized carbons (Fsp3) is 0.222. The summed E-state index contributed by atoms with van der Waals surface area (Å²) in [5.74, 6) is 0.0600. The molecule has 0 spiro atoms. The minimum absolute atomic E-state index is 0.0262. The Bertz CT molecular complexity index is 1310. The first-order valence-corrected chi connectivity index (χ1v) is 9.33. The number of benzene rings is 1. The summed E-state index contributed by atoms with van der Waals surface area (Å²) in [6.07, 6.45) is -0.283. The lowest BCUT2D eigenvalue weighted by Gasteiger charge is -2.12. The van der Waals surface area contributed by atoms with Crippen LogP contribution in [0.25, 0.3) is 5.69 Å². The molecular weight excluding hydrogens is 435 g/mol. The quantitative estimate of drug-likeness (QED) is 0.608. The third-order valence-electron chi connectivity index (χ3n) is 4.01. The third-order valence-corrected chi connectivity index (χ3v) is 4.57. The molecule has 2 heterocycles. The van der Waals surface area contributed by atoms with Crippen molar-refractivity contribution in [2.24, 2.45) is 0 Å². The zero-order valence-corrected chi connectivity index (χ0v) is 17.2. The monoisotopic (exact) mass is 448 g/mol. The standard InChI is InChI=1S/C18H14Cl2N6O4/c1-8(2)10-7-14(23-24-16(10)27)30-15-11(19)5-9(6-12(15)20)26-18(29)22-17(28)13(25-26)3-4-21/h5-8H,3H2,1-2H3,(H,24,27)(H,22,28,29). The molecule has 0 aliphatic heterocycles. The van der Waals surface area contributed by atoms with Crippen LogP contribution in [-0.4, -0.2) is 25.0 Å². The van der Waals surface area contributed by atoms with Gasteiger partial charge >= 0.3 is 5.69 Å². The van der Waals surface area contributed by atoms with Crippen LogP contribution in [-0.2, 0) is 6.42 Å². The Morgan fingerprint density at radius 2 is 1.83 bits per heavy atom. The molecule has 0 saturated heterocycles. The zero-order valence-electron chi connectivity index (χ0n) is 15.7. The number of aromatic amines is 2. The van der Waals surface area contributed by atoms with E-state index in [1.54, 1.807) is 6.07 Å². The minimum Gasteiger partial charge on any atom is -0.434 e. The lowest BCUT2D eigenvalue weighted by molar-refractivity contribution is 0.452. The first kappa shape index (κ1) is 21.3. The molecule has 0 aliphatic carbocycles. The second-order valence-corrected chi connectivity index (χ2v) is 7.25. The highest BCUT2D eigenvalue weighted by Gasteiger charge is 2.16. The van der Waals surface area contributed by atoms with E-state index >= 15 is 0 Å². The van der Waals surface area contributed by atoms with E-state index in [1.165, 1.54) is 18.2 Å². The normalized spacial score (nSPS) is 10.8. The summed E-state index contributed by atoms with van der Waals surface area (Å²) in [6.45, 7) is 3.69. The van der Waals surface area contributed by atoms with Crippen LogP contribution in [0.15, 0.2) is 32.6 Å². The van der Waals surface area contributed by atoms with Crippen molar-refractivity contribution >= 4 is 23.2 Å². The van der Waals surface area contributed by atoms with E-state index < -0.39 is 11.2 Å². The molecule has 2 aromatic heterocycles. The van der Waals surface area contributed by atoms with E-state index in [1.807, 2.05) is 13.8 Å². The molecule has 0 amide bonds. The van der Waals surface area contributed by atoms with Gasteiger partial charge in [-0.1, -0.05) is 37.0 Å². The molecule has 0 aliphatic rings. The average molecular weight is 449 g/mol. The zero-order chi connectivity index (χ0) is 22.0. The number of H-pyrrole nitrogens is 2. The Balaban J connectivity index is 2.04. The van der Waals surface area contributed by atoms with Gasteiger partial charge in [-0.15, -0.1) is 5.10 Å². The van der Waals surface area contributed by atoms with Crippen LogP contribution >= 0.6 is 23.2 Å². The summed E-state index contributed by atoms with van der Waals surface area (Å²) in [7, 11) is 0. The number of nitrogens with one attached hydrogen (secondary N) is 2. The van der Waals surface area contributed by atoms with Gasteiger partial charge in [0, 0.05) is 11.6 Å². The van der Waals surface area contributed by atoms with Crippen molar-refractivity contribution in [3.8, 4) is 23.4 Å². The lowest BCUT2D eigenvalue weighted by atomic mass is 10.1. The molecule has 30 heavy (non-hydrogen) atoms. The van der Waals surface area contributed by atoms with E-state index in [9.17, 15) is 14.4 Å². The predicted octanol–water partition coefficient (Wildman–Crippen LogP) is 2.29. The summed E-state index contributed by atoms with van der Waals surface area (Å²) in [4.78, 5) is 37.8. The maximum Gasteiger partial charge on any atom is 0.349 e. The van der Waals surface area contributed by atoms with Crippen molar-refractivity contribution in [2.75, 3.05) is 0 Å². The number of hydrogen-bond donors (Lipinski definition) is 2. The van der Waals surface area contributed by atoms with Gasteiger partial charge in [-0.3, -0.25) is 14.6 Å². The number of nitrogens with zero attached hydrogens (tertiary/aromatic N) is 4. The number of rotatable bonds is 5. The summed E-state index contributed by atoms with van der Waals surface area (Å²) in [5.41, 5.74) is -1.43. The highest BCUT2D eigenvalue weighted by molar-refractivity contribution is 6.37. The van der Waals surface area contributed by atoms with Crippen LogP contribution in [0.3, 0.4) is 0 Å². The van der Waals surface area contributed by atoms with E-state index in [-0.39, 0.29) is 51.0 Å². The summed E-state index contributed by atoms with van der Waals surface area (Å²) in [6, 6.07) is 5.97. The molecule has 10 nitrogen and oxygen atoms in total. The molecule has 1 aromatic carbocycles. The summed E-state index contributed by atoms with van der Waals surface area (Å²) >= 11 is 12.6. The fourth-order valence-corrected chi connectivity index (χ4v) is 3.11. The molecule has 0 bridgehead atoms. The lowest BCUT2D eigenvalue weighted by Crippen LogP contribution is -2.33. The van der Waals surface area contributed by atoms with Crippen LogP contribution in [0, 0.1) is 11.3 Å². The Kier molecular flexibility index (Phi) is 6.05. The molecule has 12 heteroatoms. The van der Waals surface area contributed by atoms with Crippen LogP contribution in [0.5, 0.6) is 11.6 Å². The van der Waals surface area contributed by atoms with Gasteiger partial charge in [0.2, 0.25) is 5.88 Å². The van der Waals surface area contributed by atoms with Crippen molar-refractivity contribution < 1.29 is 4.74 Å². The van der Waals surface area contributed by atoms with Gasteiger partial charge in [0.15, 0.2) is 5.75 Å². The average Bonchev–Trinajstić information content (AvgIpc) is 2.67. The highest BCUT2D eigenvalue weighted by Crippen LogP contribution is 2.37. The number of hydrogen-bond acceptors (Lipinski definition) is 7. The fourth-order valence-electron chi connectivity index (χ4n) is 2.55. The number of nitriles is 1. The van der Waals surface area contributed by atoms with Crippen molar-refractivity contribution in [3.63, 3.8) is 0 Å². The van der Waals surface area contributed by atoms with Gasteiger partial charge in [-0.05, 0) is 18.1 Å². The summed E-state index contributed by atoms with van der Waals surface area (Å²) < 4.78 is 6.50. The predicted molar refractivity (Wildman–Crippen MR) is 109 cm³/mol. The molecule has 2 N–H and O–H groups in total. The Morgan fingerprint density at radius 3 is 2.43 bits per heavy atom. The summed E-state index contributed by atoms with van der Waals surface area (Å²) in [5, 5.41) is 18.9. The van der Waals surface area contributed by atoms with Crippen molar-refractivity contribution in [3.05, 3.63) is 70.7 Å². The van der Waals surface area contributed by atoms with Crippen LogP contribution in [0.1, 0.15) is 31.0 Å². The minimum atomic E-state index is -0.827. The van der Waals surface area contributed by atoms with E-state index in [4.69, 9.17) is 33.2 Å². The topological polar surface area (TPSA) is 147 Å². The largest absolute Gasteiger partial charge is 0.434 e. The van der Waals surface area contributed by atoms with Crippen LogP contribution in [0.2, 0.25) is 10.0 Å². The van der Waals surface area contributed by atoms with Crippen molar-refractivity contribution in [1.82, 2.24) is 25.0 Å². The first-order chi connectivity index (χ1) is 14.2. The van der Waals surface area contributed by atoms with Crippen LogP contribution in [0.4, 0.5) is 0 Å². The Morgan fingerprint density at radius 1 is 1.17 bits per heavy atom. The maximum absolute atomic E-state index is 12.1. The second kappa shape index (κ2) is 8.52. The number of aromatic nitrogens is 5. The van der Waals surface area contributed by atoms with E-state index in [0.717, 1.165) is 4.68 Å². The SMILES string of the molecule is CC(C)c1cc(Oc2c(Cl)cc(-n3nc(CC#N)c(=O)[nH]c3=O)cc2Cl)n[nH]c1=O. The smallest absolute Gasteiger partial charge is 0.349 e. The van der Waals surface area contributed by atoms with Gasteiger partial charge in [0.1, 0.15) is 5.69 Å². The molecule has 3 rings (SSSR count). The van der Waals surface area contributed by atoms with Gasteiger partial charge < -0.3 is 4.74 Å². The van der Waals surface area contributed by atoms with E-state index in [2.05, 4.69) is 20.3 Å². The van der Waals surface area contributed by atoms with Crippen LogP contribution < -0.4 is 21.5 Å². The number of halogens is 2. The molecule has 0 unspecified atom stereocenters. The highest BCUT2D eigenvalue weighted by atomic mass is 35.5. The Hall–Kier alpha value is -3.42. The van der Waals surface area contributed by atoms with E-state index in [0.29, 0.717) is 5.56 Å². The second-order valence-electron chi connectivity index (χ2n) is 6.44. The molecule has 0 saturated carbocycles. The molecule has 0 atom stereocenters. The first-order valence-electron chi connectivity index (χ1n) is 8.57.